The Bertz CT molecular complexity index is 294. The lowest BCUT2D eigenvalue weighted by Gasteiger charge is -2.25. The van der Waals surface area contributed by atoms with Crippen molar-refractivity contribution >= 4 is 11.3 Å². The topological polar surface area (TPSA) is 50.9 Å². The second kappa shape index (κ2) is 5.58. The Hall–Kier alpha value is -0.450. The number of rotatable bonds is 6. The van der Waals surface area contributed by atoms with Crippen molar-refractivity contribution in [3.63, 3.8) is 0 Å². The number of nitrogens with one attached hydrogen (secondary N) is 1. The van der Waals surface area contributed by atoms with Crippen LogP contribution in [0.4, 0.5) is 0 Å². The zero-order chi connectivity index (χ0) is 10.5. The molecule has 0 radical (unpaired) electrons. The molecule has 3 nitrogen and oxygen atoms in total. The molecule has 84 valence electrons. The zero-order valence-electron chi connectivity index (χ0n) is 9.04. The maximum atomic E-state index is 5.51. The summed E-state index contributed by atoms with van der Waals surface area (Å²) in [5.74, 6) is 0.993. The second-order valence-corrected chi connectivity index (χ2v) is 5.14. The first-order chi connectivity index (χ1) is 7.38. The van der Waals surface area contributed by atoms with E-state index in [1.165, 1.54) is 25.7 Å². The summed E-state index contributed by atoms with van der Waals surface area (Å²) in [6, 6.07) is 0. The minimum Gasteiger partial charge on any atom is -0.325 e. The lowest BCUT2D eigenvalue weighted by Crippen LogP contribution is -2.21. The van der Waals surface area contributed by atoms with Crippen molar-refractivity contribution in [2.24, 2.45) is 11.7 Å². The van der Waals surface area contributed by atoms with Gasteiger partial charge in [0.2, 0.25) is 0 Å². The number of aromatic nitrogens is 1. The Kier molecular flexibility index (Phi) is 4.11. The summed E-state index contributed by atoms with van der Waals surface area (Å²) in [6.45, 7) is 2.58. The van der Waals surface area contributed by atoms with Gasteiger partial charge in [-0.3, -0.25) is 0 Å². The first-order valence-corrected chi connectivity index (χ1v) is 6.60. The minimum atomic E-state index is 0.562. The summed E-state index contributed by atoms with van der Waals surface area (Å²) < 4.78 is 0. The summed E-state index contributed by atoms with van der Waals surface area (Å²) in [5.41, 5.74) is 6.64. The van der Waals surface area contributed by atoms with Crippen LogP contribution < -0.4 is 11.1 Å². The molecule has 2 rings (SSSR count). The molecule has 0 spiro atoms. The van der Waals surface area contributed by atoms with Gasteiger partial charge in [0, 0.05) is 18.5 Å². The van der Waals surface area contributed by atoms with E-state index in [2.05, 4.69) is 15.7 Å². The average Bonchev–Trinajstić information content (AvgIpc) is 2.62. The van der Waals surface area contributed by atoms with E-state index in [1.807, 2.05) is 0 Å². The fraction of sp³-hybridized carbons (Fsp3) is 0.727. The molecule has 0 atom stereocenters. The molecule has 15 heavy (non-hydrogen) atoms. The molecule has 1 fully saturated rings. The maximum Gasteiger partial charge on any atom is 0.106 e. The Balaban J connectivity index is 1.60. The highest BCUT2D eigenvalue weighted by molar-refractivity contribution is 7.09. The summed E-state index contributed by atoms with van der Waals surface area (Å²) >= 11 is 1.65. The van der Waals surface area contributed by atoms with Crippen LogP contribution in [0.3, 0.4) is 0 Å². The van der Waals surface area contributed by atoms with Crippen molar-refractivity contribution in [2.75, 3.05) is 6.54 Å². The third-order valence-corrected chi connectivity index (χ3v) is 3.95. The van der Waals surface area contributed by atoms with E-state index in [0.29, 0.717) is 6.54 Å². The zero-order valence-corrected chi connectivity index (χ0v) is 9.85. The molecule has 1 aromatic rings. The van der Waals surface area contributed by atoms with Crippen molar-refractivity contribution in [1.82, 2.24) is 10.3 Å². The van der Waals surface area contributed by atoms with Gasteiger partial charge in [-0.05, 0) is 18.9 Å². The number of nitrogens with zero attached hydrogens (tertiary/aromatic N) is 1. The van der Waals surface area contributed by atoms with Crippen molar-refractivity contribution < 1.29 is 0 Å². The monoisotopic (exact) mass is 225 g/mol. The summed E-state index contributed by atoms with van der Waals surface area (Å²) in [5, 5.41) is 6.57. The molecule has 0 bridgehead atoms. The Labute approximate surface area is 95.1 Å². The normalized spacial score (nSPS) is 16.6. The van der Waals surface area contributed by atoms with Crippen LogP contribution in [0, 0.1) is 5.92 Å². The van der Waals surface area contributed by atoms with Crippen molar-refractivity contribution in [3.05, 3.63) is 16.1 Å². The van der Waals surface area contributed by atoms with Gasteiger partial charge >= 0.3 is 0 Å². The fourth-order valence-electron chi connectivity index (χ4n) is 1.83. The van der Waals surface area contributed by atoms with Gasteiger partial charge in [-0.1, -0.05) is 19.3 Å². The van der Waals surface area contributed by atoms with Gasteiger partial charge in [-0.2, -0.15) is 0 Å². The Morgan fingerprint density at radius 2 is 2.40 bits per heavy atom. The number of nitrogens with two attached hydrogens (primary N) is 1. The molecule has 0 unspecified atom stereocenters. The van der Waals surface area contributed by atoms with Crippen LogP contribution in [0.25, 0.3) is 0 Å². The largest absolute Gasteiger partial charge is 0.325 e. The van der Waals surface area contributed by atoms with Crippen molar-refractivity contribution in [3.8, 4) is 0 Å². The predicted octanol–water partition coefficient (Wildman–Crippen LogP) is 1.88. The van der Waals surface area contributed by atoms with Gasteiger partial charge in [0.1, 0.15) is 5.01 Å². The van der Waals surface area contributed by atoms with Gasteiger partial charge in [0.05, 0.1) is 5.69 Å². The molecule has 0 amide bonds. The molecular weight excluding hydrogens is 206 g/mol. The van der Waals surface area contributed by atoms with Crippen LogP contribution in [0.5, 0.6) is 0 Å². The first kappa shape index (κ1) is 11.0. The van der Waals surface area contributed by atoms with Crippen LogP contribution in [-0.2, 0) is 13.1 Å². The van der Waals surface area contributed by atoms with E-state index in [0.717, 1.165) is 29.7 Å². The molecule has 1 aliphatic carbocycles. The smallest absolute Gasteiger partial charge is 0.106 e. The lowest BCUT2D eigenvalue weighted by atomic mass is 9.83. The quantitative estimate of drug-likeness (QED) is 0.727. The maximum absolute atomic E-state index is 5.51. The number of hydrogen-bond donors (Lipinski definition) is 2. The standard InChI is InChI=1S/C11H19N3S/c12-6-11-14-10(8-15-11)7-13-5-4-9-2-1-3-9/h8-9,13H,1-7,12H2. The van der Waals surface area contributed by atoms with Gasteiger partial charge in [0.25, 0.3) is 0 Å². The van der Waals surface area contributed by atoms with E-state index >= 15 is 0 Å². The Morgan fingerprint density at radius 3 is 3.00 bits per heavy atom. The van der Waals surface area contributed by atoms with Crippen LogP contribution in [0.2, 0.25) is 0 Å². The van der Waals surface area contributed by atoms with Gasteiger partial charge < -0.3 is 11.1 Å². The number of thiazole rings is 1. The van der Waals surface area contributed by atoms with Crippen LogP contribution >= 0.6 is 11.3 Å². The number of hydrogen-bond acceptors (Lipinski definition) is 4. The highest BCUT2D eigenvalue weighted by Gasteiger charge is 2.16. The molecule has 0 aliphatic heterocycles. The van der Waals surface area contributed by atoms with E-state index in [9.17, 15) is 0 Å². The van der Waals surface area contributed by atoms with Crippen LogP contribution in [0.1, 0.15) is 36.4 Å². The fourth-order valence-corrected chi connectivity index (χ4v) is 2.50. The summed E-state index contributed by atoms with van der Waals surface area (Å²) in [6.07, 6.45) is 5.65. The second-order valence-electron chi connectivity index (χ2n) is 4.20. The van der Waals surface area contributed by atoms with Crippen molar-refractivity contribution in [1.29, 1.82) is 0 Å². The highest BCUT2D eigenvalue weighted by Crippen LogP contribution is 2.28. The lowest BCUT2D eigenvalue weighted by molar-refractivity contribution is 0.292. The van der Waals surface area contributed by atoms with Gasteiger partial charge in [0.15, 0.2) is 0 Å². The molecule has 1 aliphatic rings. The third kappa shape index (κ3) is 3.26. The van der Waals surface area contributed by atoms with Crippen molar-refractivity contribution in [2.45, 2.75) is 38.8 Å². The van der Waals surface area contributed by atoms with E-state index in [-0.39, 0.29) is 0 Å². The minimum absolute atomic E-state index is 0.562. The van der Waals surface area contributed by atoms with E-state index in [4.69, 9.17) is 5.73 Å². The molecule has 0 saturated heterocycles. The third-order valence-electron chi connectivity index (χ3n) is 3.03. The summed E-state index contributed by atoms with van der Waals surface area (Å²) in [4.78, 5) is 4.41. The van der Waals surface area contributed by atoms with E-state index < -0.39 is 0 Å². The molecule has 1 saturated carbocycles. The van der Waals surface area contributed by atoms with Gasteiger partial charge in [-0.15, -0.1) is 11.3 Å². The first-order valence-electron chi connectivity index (χ1n) is 5.72. The SMILES string of the molecule is NCc1nc(CNCCC2CCC2)cs1. The molecule has 1 aromatic heterocycles. The Morgan fingerprint density at radius 1 is 1.53 bits per heavy atom. The molecule has 1 heterocycles. The molecule has 0 aromatic carbocycles. The summed E-state index contributed by atoms with van der Waals surface area (Å²) in [7, 11) is 0. The highest BCUT2D eigenvalue weighted by atomic mass is 32.1. The predicted molar refractivity (Wildman–Crippen MR) is 63.7 cm³/mol. The van der Waals surface area contributed by atoms with Crippen LogP contribution in [0.15, 0.2) is 5.38 Å². The molecule has 3 N–H and O–H groups in total. The van der Waals surface area contributed by atoms with Gasteiger partial charge in [-0.25, -0.2) is 4.98 Å². The van der Waals surface area contributed by atoms with Crippen LogP contribution in [-0.4, -0.2) is 11.5 Å². The van der Waals surface area contributed by atoms with E-state index in [1.54, 1.807) is 11.3 Å². The molecular formula is C11H19N3S. The average molecular weight is 225 g/mol. The molecule has 4 heteroatoms.